The second-order valence-corrected chi connectivity index (χ2v) is 8.36. The van der Waals surface area contributed by atoms with Crippen LogP contribution in [0.25, 0.3) is 0 Å². The third-order valence-corrected chi connectivity index (χ3v) is 6.24. The fourth-order valence-electron chi connectivity index (χ4n) is 3.38. The van der Waals surface area contributed by atoms with Crippen LogP contribution in [0, 0.1) is 23.0 Å². The van der Waals surface area contributed by atoms with Crippen molar-refractivity contribution in [2.45, 2.75) is 11.7 Å². The van der Waals surface area contributed by atoms with E-state index in [1.807, 2.05) is 6.07 Å². The average Bonchev–Trinajstić information content (AvgIpc) is 3.13. The Morgan fingerprint density at radius 1 is 1.00 bits per heavy atom. The Morgan fingerprint density at radius 2 is 1.67 bits per heavy atom. The lowest BCUT2D eigenvalue weighted by Gasteiger charge is -2.18. The lowest BCUT2D eigenvalue weighted by atomic mass is 10.1. The molecule has 0 bridgehead atoms. The van der Waals surface area contributed by atoms with E-state index in [2.05, 4.69) is 5.32 Å². The van der Waals surface area contributed by atoms with E-state index >= 15 is 0 Å². The van der Waals surface area contributed by atoms with Gasteiger partial charge in [0.05, 0.1) is 10.9 Å². The first-order valence-corrected chi connectivity index (χ1v) is 10.9. The number of nitriles is 1. The Bertz CT molecular complexity index is 1270. The van der Waals surface area contributed by atoms with Crippen molar-refractivity contribution in [3.8, 4) is 6.07 Å². The minimum atomic E-state index is -0.818. The van der Waals surface area contributed by atoms with Gasteiger partial charge in [-0.2, -0.15) is 5.26 Å². The number of hydrogen-bond acceptors (Lipinski definition) is 4. The number of rotatable bonds is 5. The summed E-state index contributed by atoms with van der Waals surface area (Å²) in [7, 11) is 0. The summed E-state index contributed by atoms with van der Waals surface area (Å²) in [6, 6.07) is 22.0. The number of carbonyl (C=O) groups excluding carboxylic acids is 2. The minimum Gasteiger partial charge on any atom is -0.319 e. The van der Waals surface area contributed by atoms with Crippen LogP contribution in [-0.2, 0) is 16.0 Å². The SMILES string of the molecule is N#CC(C(=O)Nc1ccccc1F)=C1SC(Cc2ccc(F)cc2)C(=O)N1c1ccccc1. The monoisotopic (exact) mass is 461 g/mol. The quantitative estimate of drug-likeness (QED) is 0.427. The highest BCUT2D eigenvalue weighted by Gasteiger charge is 2.40. The first-order valence-electron chi connectivity index (χ1n) is 9.98. The molecule has 3 aromatic carbocycles. The zero-order valence-electron chi connectivity index (χ0n) is 17.2. The molecule has 1 fully saturated rings. The van der Waals surface area contributed by atoms with E-state index in [9.17, 15) is 23.6 Å². The van der Waals surface area contributed by atoms with Gasteiger partial charge >= 0.3 is 0 Å². The van der Waals surface area contributed by atoms with Crippen LogP contribution in [0.5, 0.6) is 0 Å². The molecule has 1 N–H and O–H groups in total. The molecule has 1 saturated heterocycles. The molecule has 0 radical (unpaired) electrons. The van der Waals surface area contributed by atoms with Crippen LogP contribution < -0.4 is 10.2 Å². The number of nitrogens with one attached hydrogen (secondary N) is 1. The number of carbonyl (C=O) groups is 2. The Hall–Kier alpha value is -3.96. The first-order chi connectivity index (χ1) is 16.0. The molecule has 0 aromatic heterocycles. The molecule has 2 amide bonds. The van der Waals surface area contributed by atoms with Gasteiger partial charge in [0, 0.05) is 5.69 Å². The third-order valence-electron chi connectivity index (χ3n) is 4.98. The molecule has 5 nitrogen and oxygen atoms in total. The van der Waals surface area contributed by atoms with Crippen molar-refractivity contribution in [2.24, 2.45) is 0 Å². The standard InChI is InChI=1S/C25H17F2N3O2S/c26-17-12-10-16(11-13-17)14-22-24(32)30(18-6-2-1-3-7-18)25(33-22)19(15-28)23(31)29-21-9-5-4-8-20(21)27/h1-13,22H,14H2,(H,29,31). The number of halogens is 2. The molecule has 8 heteroatoms. The van der Waals surface area contributed by atoms with E-state index in [1.165, 1.54) is 35.2 Å². The molecule has 33 heavy (non-hydrogen) atoms. The van der Waals surface area contributed by atoms with Gasteiger partial charge in [0.25, 0.3) is 5.91 Å². The second-order valence-electron chi connectivity index (χ2n) is 7.17. The average molecular weight is 461 g/mol. The van der Waals surface area contributed by atoms with E-state index in [0.29, 0.717) is 5.69 Å². The maximum atomic E-state index is 14.0. The van der Waals surface area contributed by atoms with Gasteiger partial charge in [-0.05, 0) is 48.4 Å². The van der Waals surface area contributed by atoms with E-state index < -0.39 is 17.0 Å². The van der Waals surface area contributed by atoms with Gasteiger partial charge in [-0.25, -0.2) is 8.78 Å². The zero-order valence-corrected chi connectivity index (χ0v) is 18.0. The number of benzene rings is 3. The number of anilines is 2. The van der Waals surface area contributed by atoms with Crippen LogP contribution in [0.15, 0.2) is 89.5 Å². The van der Waals surface area contributed by atoms with Crippen molar-refractivity contribution in [1.29, 1.82) is 5.26 Å². The number of hydrogen-bond donors (Lipinski definition) is 1. The van der Waals surface area contributed by atoms with Crippen molar-refractivity contribution in [3.63, 3.8) is 0 Å². The van der Waals surface area contributed by atoms with Gasteiger partial charge in [-0.15, -0.1) is 0 Å². The molecule has 4 rings (SSSR count). The summed E-state index contributed by atoms with van der Waals surface area (Å²) in [4.78, 5) is 27.6. The third kappa shape index (κ3) is 4.78. The van der Waals surface area contributed by atoms with Crippen molar-refractivity contribution in [1.82, 2.24) is 0 Å². The first kappa shape index (κ1) is 22.2. The van der Waals surface area contributed by atoms with E-state index in [4.69, 9.17) is 0 Å². The summed E-state index contributed by atoms with van der Waals surface area (Å²) in [5.74, 6) is -2.15. The Kier molecular flexibility index (Phi) is 6.52. The molecular formula is C25H17F2N3O2S. The Balaban J connectivity index is 1.72. The summed E-state index contributed by atoms with van der Waals surface area (Å²) in [6.07, 6.45) is 0.282. The van der Waals surface area contributed by atoms with Crippen LogP contribution in [-0.4, -0.2) is 17.1 Å². The zero-order chi connectivity index (χ0) is 23.4. The molecule has 0 saturated carbocycles. The predicted octanol–water partition coefficient (Wildman–Crippen LogP) is 5.03. The molecular weight excluding hydrogens is 444 g/mol. The predicted molar refractivity (Wildman–Crippen MR) is 123 cm³/mol. The molecule has 164 valence electrons. The summed E-state index contributed by atoms with van der Waals surface area (Å²) < 4.78 is 27.3. The highest BCUT2D eigenvalue weighted by atomic mass is 32.2. The highest BCUT2D eigenvalue weighted by molar-refractivity contribution is 8.05. The van der Waals surface area contributed by atoms with Crippen molar-refractivity contribution in [3.05, 3.63) is 107 Å². The van der Waals surface area contributed by atoms with E-state index in [1.54, 1.807) is 48.5 Å². The van der Waals surface area contributed by atoms with Crippen LogP contribution >= 0.6 is 11.8 Å². The normalized spacial score (nSPS) is 16.9. The number of nitrogens with zero attached hydrogens (tertiary/aromatic N) is 2. The summed E-state index contributed by atoms with van der Waals surface area (Å²) in [5, 5.41) is 11.7. The van der Waals surface area contributed by atoms with Crippen LogP contribution in [0.1, 0.15) is 5.56 Å². The summed E-state index contributed by atoms with van der Waals surface area (Å²) in [5.41, 5.74) is 0.866. The molecule has 1 aliphatic rings. The van der Waals surface area contributed by atoms with Crippen LogP contribution in [0.2, 0.25) is 0 Å². The maximum absolute atomic E-state index is 14.0. The molecule has 1 heterocycles. The number of para-hydroxylation sites is 2. The number of amides is 2. The topological polar surface area (TPSA) is 73.2 Å². The number of thioether (sulfide) groups is 1. The molecule has 1 unspecified atom stereocenters. The summed E-state index contributed by atoms with van der Waals surface area (Å²) >= 11 is 1.08. The molecule has 1 atom stereocenters. The van der Waals surface area contributed by atoms with Gasteiger partial charge in [0.2, 0.25) is 5.91 Å². The minimum absolute atomic E-state index is 0.0701. The lowest BCUT2D eigenvalue weighted by molar-refractivity contribution is -0.117. The van der Waals surface area contributed by atoms with Crippen LogP contribution in [0.3, 0.4) is 0 Å². The smallest absolute Gasteiger partial charge is 0.269 e. The van der Waals surface area contributed by atoms with Gasteiger partial charge < -0.3 is 5.32 Å². The fraction of sp³-hybridized carbons (Fsp3) is 0.0800. The molecule has 1 aliphatic heterocycles. The van der Waals surface area contributed by atoms with Gasteiger partial charge in [0.15, 0.2) is 0 Å². The molecule has 0 spiro atoms. The van der Waals surface area contributed by atoms with Crippen molar-refractivity contribution in [2.75, 3.05) is 10.2 Å². The largest absolute Gasteiger partial charge is 0.319 e. The van der Waals surface area contributed by atoms with Gasteiger partial charge in [0.1, 0.15) is 28.3 Å². The maximum Gasteiger partial charge on any atom is 0.269 e. The lowest BCUT2D eigenvalue weighted by Crippen LogP contribution is -2.30. The van der Waals surface area contributed by atoms with Gasteiger partial charge in [-0.1, -0.05) is 54.2 Å². The molecule has 3 aromatic rings. The van der Waals surface area contributed by atoms with E-state index in [0.717, 1.165) is 17.3 Å². The Labute approximate surface area is 193 Å². The fourth-order valence-corrected chi connectivity index (χ4v) is 4.69. The highest BCUT2D eigenvalue weighted by Crippen LogP contribution is 2.42. The molecule has 0 aliphatic carbocycles. The summed E-state index contributed by atoms with van der Waals surface area (Å²) in [6.45, 7) is 0. The van der Waals surface area contributed by atoms with E-state index in [-0.39, 0.29) is 34.4 Å². The second kappa shape index (κ2) is 9.67. The Morgan fingerprint density at radius 3 is 2.33 bits per heavy atom. The van der Waals surface area contributed by atoms with Crippen molar-refractivity contribution < 1.29 is 18.4 Å². The van der Waals surface area contributed by atoms with Crippen molar-refractivity contribution >= 4 is 35.0 Å². The van der Waals surface area contributed by atoms with Crippen LogP contribution in [0.4, 0.5) is 20.2 Å². The van der Waals surface area contributed by atoms with Gasteiger partial charge in [-0.3, -0.25) is 14.5 Å².